The number of carbonyl (C=O) groups is 1. The van der Waals surface area contributed by atoms with Crippen LogP contribution in [0.1, 0.15) is 41.7 Å². The van der Waals surface area contributed by atoms with Crippen molar-refractivity contribution in [2.45, 2.75) is 50.4 Å². The van der Waals surface area contributed by atoms with Crippen LogP contribution in [0.25, 0.3) is 11.1 Å². The number of amides is 1. The van der Waals surface area contributed by atoms with Crippen LogP contribution in [0.5, 0.6) is 5.75 Å². The third-order valence-electron chi connectivity index (χ3n) is 6.81. The van der Waals surface area contributed by atoms with Gasteiger partial charge in [0.1, 0.15) is 17.5 Å². The number of piperidine rings is 1. The largest absolute Gasteiger partial charge is 0.490 e. The molecule has 5 heteroatoms. The van der Waals surface area contributed by atoms with Crippen molar-refractivity contribution in [2.75, 3.05) is 7.05 Å². The predicted octanol–water partition coefficient (Wildman–Crippen LogP) is 4.68. The van der Waals surface area contributed by atoms with E-state index in [1.807, 2.05) is 60.7 Å². The van der Waals surface area contributed by atoms with Gasteiger partial charge in [0, 0.05) is 30.4 Å². The van der Waals surface area contributed by atoms with E-state index in [1.165, 1.54) is 12.8 Å². The molecule has 0 saturated carbocycles. The van der Waals surface area contributed by atoms with Crippen molar-refractivity contribution >= 4 is 5.91 Å². The molecule has 0 aliphatic carbocycles. The third kappa shape index (κ3) is 4.53. The van der Waals surface area contributed by atoms with Crippen LogP contribution in [-0.2, 0) is 6.54 Å². The maximum absolute atomic E-state index is 12.6. The van der Waals surface area contributed by atoms with E-state index >= 15 is 0 Å². The van der Waals surface area contributed by atoms with Crippen molar-refractivity contribution in [2.24, 2.45) is 0 Å². The number of hydrogen-bond donors (Lipinski definition) is 1. The molecule has 1 N–H and O–H groups in total. The molecule has 2 aromatic carbocycles. The average molecular weight is 428 g/mol. The Balaban J connectivity index is 1.17. The number of ether oxygens (including phenoxy) is 1. The fourth-order valence-corrected chi connectivity index (χ4v) is 4.98. The summed E-state index contributed by atoms with van der Waals surface area (Å²) in [6.07, 6.45) is 6.78. The number of benzene rings is 2. The number of rotatable bonds is 6. The van der Waals surface area contributed by atoms with Crippen LogP contribution in [0.2, 0.25) is 0 Å². The lowest BCUT2D eigenvalue weighted by Crippen LogP contribution is -2.43. The summed E-state index contributed by atoms with van der Waals surface area (Å²) in [5, 5.41) is 2.97. The van der Waals surface area contributed by atoms with E-state index < -0.39 is 0 Å². The number of fused-ring (bicyclic) bond motifs is 2. The van der Waals surface area contributed by atoms with Gasteiger partial charge in [-0.05, 0) is 62.1 Å². The molecule has 5 rings (SSSR count). The highest BCUT2D eigenvalue weighted by Gasteiger charge is 2.39. The second-order valence-corrected chi connectivity index (χ2v) is 8.89. The smallest absolute Gasteiger partial charge is 0.270 e. The first-order valence-electron chi connectivity index (χ1n) is 11.4. The Morgan fingerprint density at radius 2 is 1.78 bits per heavy atom. The molecule has 32 heavy (non-hydrogen) atoms. The lowest BCUT2D eigenvalue weighted by Gasteiger charge is -2.36. The van der Waals surface area contributed by atoms with Crippen molar-refractivity contribution in [3.05, 3.63) is 84.2 Å². The Kier molecular flexibility index (Phi) is 5.91. The van der Waals surface area contributed by atoms with Gasteiger partial charge in [0.25, 0.3) is 5.91 Å². The molecule has 0 unspecified atom stereocenters. The highest BCUT2D eigenvalue weighted by molar-refractivity contribution is 5.92. The Hall–Kier alpha value is -3.18. The van der Waals surface area contributed by atoms with Gasteiger partial charge in [-0.3, -0.25) is 9.78 Å². The third-order valence-corrected chi connectivity index (χ3v) is 6.81. The van der Waals surface area contributed by atoms with Crippen LogP contribution in [0, 0.1) is 0 Å². The van der Waals surface area contributed by atoms with Gasteiger partial charge >= 0.3 is 0 Å². The molecule has 2 fully saturated rings. The summed E-state index contributed by atoms with van der Waals surface area (Å²) in [6.45, 7) is 0.441. The second-order valence-electron chi connectivity index (χ2n) is 8.89. The second kappa shape index (κ2) is 9.13. The minimum atomic E-state index is -0.178. The maximum Gasteiger partial charge on any atom is 0.270 e. The van der Waals surface area contributed by atoms with Gasteiger partial charge in [0.05, 0.1) is 0 Å². The molecule has 0 spiro atoms. The van der Waals surface area contributed by atoms with Gasteiger partial charge in [0.2, 0.25) is 0 Å². The van der Waals surface area contributed by atoms with Crippen molar-refractivity contribution < 1.29 is 9.53 Å². The predicted molar refractivity (Wildman–Crippen MR) is 126 cm³/mol. The van der Waals surface area contributed by atoms with Crippen molar-refractivity contribution in [1.29, 1.82) is 0 Å². The molecular formula is C27H29N3O2. The van der Waals surface area contributed by atoms with Crippen molar-refractivity contribution in [3.8, 4) is 16.9 Å². The Bertz CT molecular complexity index is 1050. The summed E-state index contributed by atoms with van der Waals surface area (Å²) in [5.74, 6) is 0.707. The minimum Gasteiger partial charge on any atom is -0.490 e. The van der Waals surface area contributed by atoms with Gasteiger partial charge in [-0.1, -0.05) is 48.5 Å². The molecule has 5 nitrogen and oxygen atoms in total. The SMILES string of the molecule is CN1[C@@H]2CC[C@H]1C[C@@H](Oc1cccc(CNC(=O)c3ccc(-c4ccccc4)cn3)c1)C2. The van der Waals surface area contributed by atoms with E-state index in [-0.39, 0.29) is 12.0 Å². The number of nitrogens with zero attached hydrogens (tertiary/aromatic N) is 2. The zero-order valence-electron chi connectivity index (χ0n) is 18.4. The van der Waals surface area contributed by atoms with E-state index in [1.54, 1.807) is 12.3 Å². The number of pyridine rings is 1. The fourth-order valence-electron chi connectivity index (χ4n) is 4.98. The summed E-state index contributed by atoms with van der Waals surface area (Å²) in [7, 11) is 2.24. The molecule has 3 atom stereocenters. The van der Waals surface area contributed by atoms with Crippen LogP contribution in [0.4, 0.5) is 0 Å². The monoisotopic (exact) mass is 427 g/mol. The molecule has 164 valence electrons. The van der Waals surface area contributed by atoms with E-state index in [4.69, 9.17) is 4.74 Å². The first-order chi connectivity index (χ1) is 15.7. The summed E-state index contributed by atoms with van der Waals surface area (Å²) in [6, 6.07) is 23.1. The van der Waals surface area contributed by atoms with Gasteiger partial charge in [-0.15, -0.1) is 0 Å². The highest BCUT2D eigenvalue weighted by atomic mass is 16.5. The van der Waals surface area contributed by atoms with Crippen LogP contribution in [0.3, 0.4) is 0 Å². The van der Waals surface area contributed by atoms with E-state index in [0.717, 1.165) is 35.3 Å². The number of aromatic nitrogens is 1. The fraction of sp³-hybridized carbons (Fsp3) is 0.333. The Labute approximate surface area is 189 Å². The molecule has 0 radical (unpaired) electrons. The van der Waals surface area contributed by atoms with Crippen molar-refractivity contribution in [1.82, 2.24) is 15.2 Å². The quantitative estimate of drug-likeness (QED) is 0.621. The molecule has 2 aliphatic rings. The summed E-state index contributed by atoms with van der Waals surface area (Å²) < 4.78 is 6.32. The first kappa shape index (κ1) is 20.7. The van der Waals surface area contributed by atoms with Gasteiger partial charge in [-0.2, -0.15) is 0 Å². The number of hydrogen-bond acceptors (Lipinski definition) is 4. The number of nitrogens with one attached hydrogen (secondary N) is 1. The topological polar surface area (TPSA) is 54.5 Å². The Morgan fingerprint density at radius 3 is 2.50 bits per heavy atom. The molecule has 1 amide bonds. The van der Waals surface area contributed by atoms with Gasteiger partial charge in [0.15, 0.2) is 0 Å². The molecule has 2 saturated heterocycles. The molecule has 2 aliphatic heterocycles. The zero-order valence-corrected chi connectivity index (χ0v) is 18.4. The molecule has 3 heterocycles. The first-order valence-corrected chi connectivity index (χ1v) is 11.4. The molecule has 2 bridgehead atoms. The standard InChI is InChI=1S/C27H29N3O2/c1-30-22-11-12-23(30)16-25(15-22)32-24-9-5-6-19(14-24)17-29-27(31)26-13-10-21(18-28-26)20-7-3-2-4-8-20/h2-10,13-14,18,22-23,25H,11-12,15-17H2,1H3,(H,29,31)/t22-,23+,25+. The number of carbonyl (C=O) groups excluding carboxylic acids is 1. The van der Waals surface area contributed by atoms with E-state index in [2.05, 4.69) is 22.2 Å². The van der Waals surface area contributed by atoms with Crippen LogP contribution >= 0.6 is 0 Å². The zero-order chi connectivity index (χ0) is 21.9. The molecule has 1 aromatic heterocycles. The van der Waals surface area contributed by atoms with Gasteiger partial charge < -0.3 is 15.0 Å². The van der Waals surface area contributed by atoms with E-state index in [0.29, 0.717) is 24.3 Å². The summed E-state index contributed by atoms with van der Waals surface area (Å²) in [5.41, 5.74) is 3.52. The average Bonchev–Trinajstić information content (AvgIpc) is 3.04. The highest BCUT2D eigenvalue weighted by Crippen LogP contribution is 2.36. The van der Waals surface area contributed by atoms with Crippen molar-refractivity contribution in [3.63, 3.8) is 0 Å². The van der Waals surface area contributed by atoms with Crippen LogP contribution < -0.4 is 10.1 Å². The van der Waals surface area contributed by atoms with Gasteiger partial charge in [-0.25, -0.2) is 0 Å². The molecule has 3 aromatic rings. The maximum atomic E-state index is 12.6. The minimum absolute atomic E-state index is 0.178. The normalized spacial score (nSPS) is 22.5. The lowest BCUT2D eigenvalue weighted by atomic mass is 10.0. The summed E-state index contributed by atoms with van der Waals surface area (Å²) >= 11 is 0. The van der Waals surface area contributed by atoms with Crippen LogP contribution in [-0.4, -0.2) is 41.0 Å². The Morgan fingerprint density at radius 1 is 1.00 bits per heavy atom. The lowest BCUT2D eigenvalue weighted by molar-refractivity contribution is 0.0661. The summed E-state index contributed by atoms with van der Waals surface area (Å²) in [4.78, 5) is 19.4. The molecular weight excluding hydrogens is 398 g/mol. The van der Waals surface area contributed by atoms with Crippen LogP contribution in [0.15, 0.2) is 72.9 Å². The van der Waals surface area contributed by atoms with E-state index in [9.17, 15) is 4.79 Å².